The molecular formula is C13H27NO. The third-order valence-electron chi connectivity index (χ3n) is 3.74. The van der Waals surface area contributed by atoms with Crippen LogP contribution in [0.5, 0.6) is 0 Å². The molecule has 0 amide bonds. The molecule has 1 unspecified atom stereocenters. The molecule has 90 valence electrons. The summed E-state index contributed by atoms with van der Waals surface area (Å²) in [5.74, 6) is 0.937. The molecular weight excluding hydrogens is 186 g/mol. The number of aliphatic hydroxyl groups excluding tert-OH is 1. The minimum Gasteiger partial charge on any atom is -0.393 e. The van der Waals surface area contributed by atoms with Crippen molar-refractivity contribution in [2.75, 3.05) is 13.6 Å². The van der Waals surface area contributed by atoms with Crippen LogP contribution in [0, 0.1) is 5.92 Å². The first-order chi connectivity index (χ1) is 7.09. The minimum atomic E-state index is -0.134. The molecule has 0 saturated heterocycles. The quantitative estimate of drug-likeness (QED) is 0.759. The Morgan fingerprint density at radius 2 is 1.87 bits per heavy atom. The highest BCUT2D eigenvalue weighted by atomic mass is 16.3. The molecule has 2 nitrogen and oxygen atoms in total. The molecule has 0 aromatic heterocycles. The summed E-state index contributed by atoms with van der Waals surface area (Å²) < 4.78 is 0. The molecule has 1 aliphatic rings. The predicted molar refractivity (Wildman–Crippen MR) is 65.0 cm³/mol. The lowest BCUT2D eigenvalue weighted by Crippen LogP contribution is -2.35. The van der Waals surface area contributed by atoms with Gasteiger partial charge in [-0.05, 0) is 65.0 Å². The molecule has 1 aliphatic carbocycles. The van der Waals surface area contributed by atoms with E-state index in [1.165, 1.54) is 25.7 Å². The average molecular weight is 213 g/mol. The molecule has 1 saturated carbocycles. The molecule has 0 radical (unpaired) electrons. The zero-order chi connectivity index (χ0) is 11.3. The Morgan fingerprint density at radius 1 is 1.27 bits per heavy atom. The third kappa shape index (κ3) is 4.98. The Bertz CT molecular complexity index is 162. The van der Waals surface area contributed by atoms with Gasteiger partial charge < -0.3 is 10.0 Å². The van der Waals surface area contributed by atoms with Gasteiger partial charge in [-0.2, -0.15) is 0 Å². The first-order valence-electron chi connectivity index (χ1n) is 6.48. The molecule has 1 fully saturated rings. The van der Waals surface area contributed by atoms with E-state index in [1.54, 1.807) is 0 Å². The largest absolute Gasteiger partial charge is 0.393 e. The van der Waals surface area contributed by atoms with Crippen LogP contribution < -0.4 is 0 Å². The Balaban J connectivity index is 2.13. The summed E-state index contributed by atoms with van der Waals surface area (Å²) in [4.78, 5) is 2.49. The van der Waals surface area contributed by atoms with E-state index in [-0.39, 0.29) is 6.10 Å². The van der Waals surface area contributed by atoms with Crippen molar-refractivity contribution in [2.45, 2.75) is 64.5 Å². The average Bonchev–Trinajstić information content (AvgIpc) is 2.18. The zero-order valence-corrected chi connectivity index (χ0v) is 10.6. The van der Waals surface area contributed by atoms with Crippen molar-refractivity contribution in [1.82, 2.24) is 4.90 Å². The highest BCUT2D eigenvalue weighted by Crippen LogP contribution is 2.26. The van der Waals surface area contributed by atoms with Crippen LogP contribution in [0.1, 0.15) is 52.4 Å². The summed E-state index contributed by atoms with van der Waals surface area (Å²) in [5.41, 5.74) is 0. The Hall–Kier alpha value is -0.0800. The smallest absolute Gasteiger partial charge is 0.0512 e. The second-order valence-corrected chi connectivity index (χ2v) is 5.39. The van der Waals surface area contributed by atoms with Crippen LogP contribution in [0.4, 0.5) is 0 Å². The van der Waals surface area contributed by atoms with Crippen molar-refractivity contribution in [1.29, 1.82) is 0 Å². The molecule has 0 aromatic rings. The van der Waals surface area contributed by atoms with Gasteiger partial charge in [-0.15, -0.1) is 0 Å². The van der Waals surface area contributed by atoms with E-state index in [4.69, 9.17) is 0 Å². The van der Waals surface area contributed by atoms with Crippen LogP contribution in [-0.2, 0) is 0 Å². The number of nitrogens with zero attached hydrogens (tertiary/aromatic N) is 1. The Morgan fingerprint density at radius 3 is 2.40 bits per heavy atom. The monoisotopic (exact) mass is 213 g/mol. The van der Waals surface area contributed by atoms with Gasteiger partial charge in [0.25, 0.3) is 0 Å². The number of hydrogen-bond acceptors (Lipinski definition) is 2. The van der Waals surface area contributed by atoms with Crippen molar-refractivity contribution in [3.8, 4) is 0 Å². The van der Waals surface area contributed by atoms with Crippen molar-refractivity contribution in [2.24, 2.45) is 5.92 Å². The maximum Gasteiger partial charge on any atom is 0.0512 e. The second-order valence-electron chi connectivity index (χ2n) is 5.39. The fourth-order valence-electron chi connectivity index (χ4n) is 2.50. The molecule has 0 heterocycles. The zero-order valence-electron chi connectivity index (χ0n) is 10.6. The summed E-state index contributed by atoms with van der Waals surface area (Å²) in [6, 6.07) is 0.801. The van der Waals surface area contributed by atoms with E-state index in [9.17, 15) is 5.11 Å². The van der Waals surface area contributed by atoms with Gasteiger partial charge in [0.05, 0.1) is 6.10 Å². The maximum atomic E-state index is 9.19. The van der Waals surface area contributed by atoms with Gasteiger partial charge in [0.15, 0.2) is 0 Å². The predicted octanol–water partition coefficient (Wildman–Crippen LogP) is 2.66. The lowest BCUT2D eigenvalue weighted by Gasteiger charge is -2.33. The van der Waals surface area contributed by atoms with Gasteiger partial charge in [0.1, 0.15) is 0 Å². The van der Waals surface area contributed by atoms with Crippen LogP contribution in [0.2, 0.25) is 0 Å². The molecule has 0 aliphatic heterocycles. The second kappa shape index (κ2) is 6.49. The SMILES string of the molecule is CC(O)CCCN(C)C1CCC(C)CC1. The van der Waals surface area contributed by atoms with Crippen molar-refractivity contribution in [3.05, 3.63) is 0 Å². The normalized spacial score (nSPS) is 29.4. The van der Waals surface area contributed by atoms with Crippen molar-refractivity contribution >= 4 is 0 Å². The minimum absolute atomic E-state index is 0.134. The highest BCUT2D eigenvalue weighted by Gasteiger charge is 2.21. The number of rotatable bonds is 5. The van der Waals surface area contributed by atoms with Crippen LogP contribution in [0.3, 0.4) is 0 Å². The first-order valence-corrected chi connectivity index (χ1v) is 6.48. The lowest BCUT2D eigenvalue weighted by molar-refractivity contribution is 0.146. The summed E-state index contributed by atoms with van der Waals surface area (Å²) in [5, 5.41) is 9.19. The summed E-state index contributed by atoms with van der Waals surface area (Å²) >= 11 is 0. The van der Waals surface area contributed by atoms with E-state index in [1.807, 2.05) is 6.92 Å². The van der Waals surface area contributed by atoms with Crippen LogP contribution >= 0.6 is 0 Å². The number of hydrogen-bond donors (Lipinski definition) is 1. The van der Waals surface area contributed by atoms with Gasteiger partial charge in [-0.1, -0.05) is 6.92 Å². The molecule has 0 bridgehead atoms. The summed E-state index contributed by atoms with van der Waals surface area (Å²) in [6.07, 6.45) is 7.45. The summed E-state index contributed by atoms with van der Waals surface area (Å²) in [6.45, 7) is 5.38. The van der Waals surface area contributed by atoms with Crippen LogP contribution in [-0.4, -0.2) is 35.7 Å². The molecule has 15 heavy (non-hydrogen) atoms. The van der Waals surface area contributed by atoms with Crippen molar-refractivity contribution in [3.63, 3.8) is 0 Å². The Kier molecular flexibility index (Phi) is 5.62. The molecule has 1 atom stereocenters. The highest BCUT2D eigenvalue weighted by molar-refractivity contribution is 4.76. The van der Waals surface area contributed by atoms with E-state index >= 15 is 0 Å². The van der Waals surface area contributed by atoms with Crippen LogP contribution in [0.25, 0.3) is 0 Å². The fourth-order valence-corrected chi connectivity index (χ4v) is 2.50. The number of aliphatic hydroxyl groups is 1. The van der Waals surface area contributed by atoms with Gasteiger partial charge in [-0.25, -0.2) is 0 Å². The van der Waals surface area contributed by atoms with Crippen molar-refractivity contribution < 1.29 is 5.11 Å². The molecule has 2 heteroatoms. The third-order valence-corrected chi connectivity index (χ3v) is 3.74. The van der Waals surface area contributed by atoms with Gasteiger partial charge in [0, 0.05) is 6.04 Å². The van der Waals surface area contributed by atoms with E-state index in [2.05, 4.69) is 18.9 Å². The molecule has 0 spiro atoms. The molecule has 1 rings (SSSR count). The van der Waals surface area contributed by atoms with E-state index in [0.29, 0.717) is 0 Å². The molecule has 0 aromatic carbocycles. The standard InChI is InChI=1S/C13H27NO/c1-11-6-8-13(9-7-11)14(3)10-4-5-12(2)15/h11-13,15H,4-10H2,1-3H3. The van der Waals surface area contributed by atoms with Gasteiger partial charge in [0.2, 0.25) is 0 Å². The lowest BCUT2D eigenvalue weighted by atomic mass is 9.87. The van der Waals surface area contributed by atoms with Crippen LogP contribution in [0.15, 0.2) is 0 Å². The topological polar surface area (TPSA) is 23.5 Å². The van der Waals surface area contributed by atoms with Gasteiger partial charge in [-0.3, -0.25) is 0 Å². The Labute approximate surface area is 94.7 Å². The molecule has 1 N–H and O–H groups in total. The fraction of sp³-hybridized carbons (Fsp3) is 1.00. The summed E-state index contributed by atoms with van der Waals surface area (Å²) in [7, 11) is 2.24. The first kappa shape index (κ1) is 13.0. The maximum absolute atomic E-state index is 9.19. The van der Waals surface area contributed by atoms with Gasteiger partial charge >= 0.3 is 0 Å². The van der Waals surface area contributed by atoms with E-state index in [0.717, 1.165) is 31.3 Å². The van der Waals surface area contributed by atoms with E-state index < -0.39 is 0 Å².